The summed E-state index contributed by atoms with van der Waals surface area (Å²) in [6.45, 7) is 2.37. The molecule has 0 aromatic carbocycles. The van der Waals surface area contributed by atoms with Gasteiger partial charge in [0.05, 0.1) is 18.4 Å². The second-order valence-electron chi connectivity index (χ2n) is 4.61. The first-order valence-corrected chi connectivity index (χ1v) is 6.18. The molecule has 0 aromatic rings. The third-order valence-electron chi connectivity index (χ3n) is 3.27. The molecule has 0 amide bonds. The summed E-state index contributed by atoms with van der Waals surface area (Å²) in [5.74, 6) is -1.88. The fourth-order valence-corrected chi connectivity index (χ4v) is 2.09. The predicted octanol–water partition coefficient (Wildman–Crippen LogP) is 3.70. The Morgan fingerprint density at radius 2 is 1.82 bits per heavy atom. The van der Waals surface area contributed by atoms with Gasteiger partial charge in [-0.1, -0.05) is 13.3 Å². The van der Waals surface area contributed by atoms with Gasteiger partial charge >= 0.3 is 12.1 Å². The van der Waals surface area contributed by atoms with Crippen LogP contribution in [0.2, 0.25) is 0 Å². The average Bonchev–Trinajstić information content (AvgIpc) is 2.28. The summed E-state index contributed by atoms with van der Waals surface area (Å²) in [6, 6.07) is 0. The smallest absolute Gasteiger partial charge is 0.391 e. The molecule has 2 nitrogen and oxygen atoms in total. The van der Waals surface area contributed by atoms with Crippen LogP contribution in [0, 0.1) is 11.8 Å². The standard InChI is InChI=1S/C12H19F3O2/c1-2-3-8-17-11(16)9-4-6-10(7-5-9)12(13,14)15/h9-10H,2-8H2,1H3. The van der Waals surface area contributed by atoms with Crippen molar-refractivity contribution in [3.63, 3.8) is 0 Å². The molecular weight excluding hydrogens is 233 g/mol. The van der Waals surface area contributed by atoms with E-state index in [0.717, 1.165) is 12.8 Å². The third kappa shape index (κ3) is 4.56. The molecule has 100 valence electrons. The quantitative estimate of drug-likeness (QED) is 0.563. The maximum absolute atomic E-state index is 12.4. The van der Waals surface area contributed by atoms with Gasteiger partial charge in [-0.25, -0.2) is 0 Å². The van der Waals surface area contributed by atoms with Crippen LogP contribution in [0.4, 0.5) is 13.2 Å². The molecule has 0 atom stereocenters. The van der Waals surface area contributed by atoms with Crippen LogP contribution in [-0.2, 0) is 9.53 Å². The predicted molar refractivity (Wildman–Crippen MR) is 57.4 cm³/mol. The number of halogens is 3. The molecule has 0 spiro atoms. The first-order valence-electron chi connectivity index (χ1n) is 6.18. The zero-order valence-corrected chi connectivity index (χ0v) is 10.1. The van der Waals surface area contributed by atoms with Crippen molar-refractivity contribution in [2.45, 2.75) is 51.6 Å². The number of carbonyl (C=O) groups is 1. The Bertz CT molecular complexity index is 243. The van der Waals surface area contributed by atoms with Crippen molar-refractivity contribution in [2.24, 2.45) is 11.8 Å². The molecule has 0 radical (unpaired) electrons. The highest BCUT2D eigenvalue weighted by atomic mass is 19.4. The summed E-state index contributed by atoms with van der Waals surface area (Å²) in [4.78, 5) is 11.5. The molecule has 0 aliphatic heterocycles. The zero-order chi connectivity index (χ0) is 12.9. The Balaban J connectivity index is 2.29. The van der Waals surface area contributed by atoms with Crippen molar-refractivity contribution in [1.29, 1.82) is 0 Å². The highest BCUT2D eigenvalue weighted by Gasteiger charge is 2.42. The molecule has 0 unspecified atom stereocenters. The van der Waals surface area contributed by atoms with Crippen molar-refractivity contribution in [1.82, 2.24) is 0 Å². The van der Waals surface area contributed by atoms with E-state index in [4.69, 9.17) is 4.74 Å². The molecule has 1 rings (SSSR count). The van der Waals surface area contributed by atoms with Crippen LogP contribution in [0.15, 0.2) is 0 Å². The van der Waals surface area contributed by atoms with Crippen LogP contribution < -0.4 is 0 Å². The van der Waals surface area contributed by atoms with Gasteiger partial charge in [0, 0.05) is 0 Å². The molecule has 0 N–H and O–H groups in total. The van der Waals surface area contributed by atoms with E-state index >= 15 is 0 Å². The van der Waals surface area contributed by atoms with Crippen molar-refractivity contribution >= 4 is 5.97 Å². The minimum Gasteiger partial charge on any atom is -0.465 e. The lowest BCUT2D eigenvalue weighted by molar-refractivity contribution is -0.186. The van der Waals surface area contributed by atoms with Crippen LogP contribution >= 0.6 is 0 Å². The van der Waals surface area contributed by atoms with Crippen LogP contribution in [0.25, 0.3) is 0 Å². The number of alkyl halides is 3. The minimum atomic E-state index is -4.11. The molecule has 0 bridgehead atoms. The second-order valence-corrected chi connectivity index (χ2v) is 4.61. The molecule has 1 aliphatic carbocycles. The monoisotopic (exact) mass is 252 g/mol. The molecule has 0 aromatic heterocycles. The lowest BCUT2D eigenvalue weighted by atomic mass is 9.82. The van der Waals surface area contributed by atoms with E-state index in [-0.39, 0.29) is 24.7 Å². The van der Waals surface area contributed by atoms with Crippen molar-refractivity contribution in [3.05, 3.63) is 0 Å². The lowest BCUT2D eigenvalue weighted by Crippen LogP contribution is -2.31. The first kappa shape index (κ1) is 14.3. The average molecular weight is 252 g/mol. The van der Waals surface area contributed by atoms with Gasteiger partial charge in [0.1, 0.15) is 0 Å². The topological polar surface area (TPSA) is 26.3 Å². The highest BCUT2D eigenvalue weighted by molar-refractivity contribution is 5.72. The number of ether oxygens (including phenoxy) is 1. The van der Waals surface area contributed by atoms with E-state index in [1.165, 1.54) is 0 Å². The Morgan fingerprint density at radius 1 is 1.24 bits per heavy atom. The molecule has 17 heavy (non-hydrogen) atoms. The number of hydrogen-bond acceptors (Lipinski definition) is 2. The van der Waals surface area contributed by atoms with Gasteiger partial charge < -0.3 is 4.74 Å². The maximum Gasteiger partial charge on any atom is 0.391 e. The second kappa shape index (κ2) is 6.26. The third-order valence-corrected chi connectivity index (χ3v) is 3.27. The maximum atomic E-state index is 12.4. The Morgan fingerprint density at radius 3 is 2.29 bits per heavy atom. The summed E-state index contributed by atoms with van der Waals surface area (Å²) in [5, 5.41) is 0. The molecule has 1 fully saturated rings. The SMILES string of the molecule is CCCCOC(=O)C1CCC(C(F)(F)F)CC1. The number of unbranched alkanes of at least 4 members (excludes halogenated alkanes) is 1. The summed E-state index contributed by atoms with van der Waals surface area (Å²) < 4.78 is 42.2. The fraction of sp³-hybridized carbons (Fsp3) is 0.917. The zero-order valence-electron chi connectivity index (χ0n) is 10.1. The van der Waals surface area contributed by atoms with Gasteiger partial charge in [0.15, 0.2) is 0 Å². The van der Waals surface area contributed by atoms with Crippen LogP contribution in [0.1, 0.15) is 45.4 Å². The van der Waals surface area contributed by atoms with Crippen LogP contribution in [0.3, 0.4) is 0 Å². The van der Waals surface area contributed by atoms with Gasteiger partial charge in [-0.15, -0.1) is 0 Å². The Labute approximate surface area is 99.5 Å². The summed E-state index contributed by atoms with van der Waals surface area (Å²) in [5.41, 5.74) is 0. The largest absolute Gasteiger partial charge is 0.465 e. The van der Waals surface area contributed by atoms with Crippen molar-refractivity contribution in [3.8, 4) is 0 Å². The highest BCUT2D eigenvalue weighted by Crippen LogP contribution is 2.39. The summed E-state index contributed by atoms with van der Waals surface area (Å²) in [6.07, 6.45) is -1.66. The van der Waals surface area contributed by atoms with Gasteiger partial charge in [-0.05, 0) is 32.1 Å². The number of rotatable bonds is 4. The first-order chi connectivity index (χ1) is 7.95. The van der Waals surface area contributed by atoms with Crippen molar-refractivity contribution < 1.29 is 22.7 Å². The van der Waals surface area contributed by atoms with Crippen molar-refractivity contribution in [2.75, 3.05) is 6.61 Å². The minimum absolute atomic E-state index is 0.0526. The van der Waals surface area contributed by atoms with Crippen LogP contribution in [-0.4, -0.2) is 18.8 Å². The lowest BCUT2D eigenvalue weighted by Gasteiger charge is -2.28. The van der Waals surface area contributed by atoms with Gasteiger partial charge in [-0.2, -0.15) is 13.2 Å². The molecular formula is C12H19F3O2. The van der Waals surface area contributed by atoms with Gasteiger partial charge in [-0.3, -0.25) is 4.79 Å². The van der Waals surface area contributed by atoms with E-state index in [2.05, 4.69) is 0 Å². The fourth-order valence-electron chi connectivity index (χ4n) is 2.09. The van der Waals surface area contributed by atoms with Gasteiger partial charge in [0.2, 0.25) is 0 Å². The van der Waals surface area contributed by atoms with E-state index in [1.807, 2.05) is 6.92 Å². The molecule has 1 saturated carbocycles. The van der Waals surface area contributed by atoms with Crippen LogP contribution in [0.5, 0.6) is 0 Å². The molecule has 1 aliphatic rings. The van der Waals surface area contributed by atoms with E-state index in [1.54, 1.807) is 0 Å². The molecule has 5 heteroatoms. The number of esters is 1. The number of carbonyl (C=O) groups excluding carboxylic acids is 1. The van der Waals surface area contributed by atoms with Gasteiger partial charge in [0.25, 0.3) is 0 Å². The summed E-state index contributed by atoms with van der Waals surface area (Å²) >= 11 is 0. The summed E-state index contributed by atoms with van der Waals surface area (Å²) in [7, 11) is 0. The van der Waals surface area contributed by atoms with E-state index in [9.17, 15) is 18.0 Å². The van der Waals surface area contributed by atoms with E-state index in [0.29, 0.717) is 19.4 Å². The normalized spacial score (nSPS) is 25.6. The van der Waals surface area contributed by atoms with E-state index < -0.39 is 12.1 Å². The number of hydrogen-bond donors (Lipinski definition) is 0. The Hall–Kier alpha value is -0.740. The Kier molecular flexibility index (Phi) is 5.28. The molecule has 0 heterocycles. The molecule has 0 saturated heterocycles.